The van der Waals surface area contributed by atoms with Crippen LogP contribution in [-0.4, -0.2) is 91.8 Å². The van der Waals surface area contributed by atoms with Crippen LogP contribution >= 0.6 is 0 Å². The number of aromatic amines is 6. The predicted octanol–water partition coefficient (Wildman–Crippen LogP) is 3.41. The highest BCUT2D eigenvalue weighted by Crippen LogP contribution is 2.21. The van der Waals surface area contributed by atoms with Crippen molar-refractivity contribution in [2.45, 2.75) is 27.2 Å². The highest BCUT2D eigenvalue weighted by atomic mass is 15.5. The lowest BCUT2D eigenvalue weighted by atomic mass is 10.2. The third-order valence-corrected chi connectivity index (χ3v) is 6.88. The fourth-order valence-corrected chi connectivity index (χ4v) is 4.77. The lowest BCUT2D eigenvalue weighted by Gasteiger charge is -1.93. The summed E-state index contributed by atoms with van der Waals surface area (Å²) >= 11 is 0. The topological polar surface area (TPSA) is 249 Å². The maximum absolute atomic E-state index is 4.43. The van der Waals surface area contributed by atoms with Crippen molar-refractivity contribution in [3.63, 3.8) is 0 Å². The summed E-state index contributed by atoms with van der Waals surface area (Å²) in [5.74, 6) is 4.55. The number of hydrogen-bond acceptors (Lipinski definition) is 12. The van der Waals surface area contributed by atoms with Gasteiger partial charge in [0.1, 0.15) is 17.5 Å². The van der Waals surface area contributed by atoms with Gasteiger partial charge in [0, 0.05) is 23.1 Å². The van der Waals surface area contributed by atoms with Gasteiger partial charge < -0.3 is 15.0 Å². The summed E-state index contributed by atoms with van der Waals surface area (Å²) in [6, 6.07) is 17.5. The van der Waals surface area contributed by atoms with E-state index in [2.05, 4.69) is 98.7 Å². The van der Waals surface area contributed by atoms with E-state index < -0.39 is 0 Å². The SMILES string of the molecule is CCc1nc2ccc(-c3nn[nH]n3)cc2[nH]1.Cc1nc2ccc(-c3nn[nH]n3)cc2[nH]1.Cc1nc2ccc(-c3nn[nH]n3)cc2[nH]1. The highest BCUT2D eigenvalue weighted by molar-refractivity contribution is 5.82. The molecule has 9 aromatic rings. The van der Waals surface area contributed by atoms with Crippen molar-refractivity contribution in [1.82, 2.24) is 91.8 Å². The normalized spacial score (nSPS) is 11.0. The maximum Gasteiger partial charge on any atom is 0.204 e. The van der Waals surface area contributed by atoms with Gasteiger partial charge in [0.05, 0.1) is 33.1 Å². The number of hydrogen-bond donors (Lipinski definition) is 6. The smallest absolute Gasteiger partial charge is 0.204 e. The van der Waals surface area contributed by atoms with E-state index in [-0.39, 0.29) is 0 Å². The fraction of sp³-hybridized carbons (Fsp3) is 0.143. The molecule has 6 aromatic heterocycles. The van der Waals surface area contributed by atoms with Crippen LogP contribution in [0.25, 0.3) is 67.3 Å². The van der Waals surface area contributed by atoms with Crippen LogP contribution in [-0.2, 0) is 6.42 Å². The fourth-order valence-electron chi connectivity index (χ4n) is 4.77. The quantitative estimate of drug-likeness (QED) is 0.167. The van der Waals surface area contributed by atoms with Gasteiger partial charge in [-0.25, -0.2) is 15.0 Å². The molecule has 0 saturated heterocycles. The van der Waals surface area contributed by atoms with Crippen LogP contribution in [0.3, 0.4) is 0 Å². The minimum atomic E-state index is 0.587. The first kappa shape index (κ1) is 28.1. The Kier molecular flexibility index (Phi) is 7.39. The van der Waals surface area contributed by atoms with Crippen LogP contribution in [0.15, 0.2) is 54.6 Å². The van der Waals surface area contributed by atoms with Gasteiger partial charge in [-0.2, -0.15) is 15.6 Å². The van der Waals surface area contributed by atoms with Gasteiger partial charge in [-0.05, 0) is 84.1 Å². The molecule has 0 saturated carbocycles. The van der Waals surface area contributed by atoms with Gasteiger partial charge in [0.25, 0.3) is 0 Å². The Hall–Kier alpha value is -6.72. The van der Waals surface area contributed by atoms with Gasteiger partial charge >= 0.3 is 0 Å². The minimum Gasteiger partial charge on any atom is -0.342 e. The number of benzene rings is 3. The van der Waals surface area contributed by atoms with Crippen molar-refractivity contribution in [2.24, 2.45) is 0 Å². The van der Waals surface area contributed by atoms with Gasteiger partial charge in [0.15, 0.2) is 0 Å². The molecule has 6 heterocycles. The highest BCUT2D eigenvalue weighted by Gasteiger charge is 2.08. The van der Waals surface area contributed by atoms with Gasteiger partial charge in [-0.1, -0.05) is 6.92 Å². The third kappa shape index (κ3) is 5.89. The maximum atomic E-state index is 4.43. The molecule has 18 heteroatoms. The molecule has 18 nitrogen and oxygen atoms in total. The summed E-state index contributed by atoms with van der Waals surface area (Å²) in [6.45, 7) is 5.92. The molecule has 0 fully saturated rings. The Morgan fingerprint density at radius 1 is 0.500 bits per heavy atom. The predicted molar refractivity (Wildman–Crippen MR) is 167 cm³/mol. The van der Waals surface area contributed by atoms with Crippen molar-refractivity contribution < 1.29 is 0 Å². The molecule has 6 N–H and O–H groups in total. The zero-order valence-electron chi connectivity index (χ0n) is 24.8. The molecular formula is C28H26N18. The van der Waals surface area contributed by atoms with E-state index in [9.17, 15) is 0 Å². The summed E-state index contributed by atoms with van der Waals surface area (Å²) in [5, 5.41) is 41.4. The zero-order chi connectivity index (χ0) is 31.5. The van der Waals surface area contributed by atoms with E-state index in [0.29, 0.717) is 17.5 Å². The van der Waals surface area contributed by atoms with Crippen molar-refractivity contribution in [2.75, 3.05) is 0 Å². The van der Waals surface area contributed by atoms with Crippen molar-refractivity contribution in [3.05, 3.63) is 72.1 Å². The van der Waals surface area contributed by atoms with Crippen LogP contribution in [0.5, 0.6) is 0 Å². The van der Waals surface area contributed by atoms with Crippen LogP contribution in [0.1, 0.15) is 24.4 Å². The van der Waals surface area contributed by atoms with Crippen molar-refractivity contribution in [3.8, 4) is 34.2 Å². The second kappa shape index (κ2) is 12.1. The largest absolute Gasteiger partial charge is 0.342 e. The van der Waals surface area contributed by atoms with E-state index in [0.717, 1.165) is 73.7 Å². The van der Waals surface area contributed by atoms with Crippen molar-refractivity contribution >= 4 is 33.1 Å². The van der Waals surface area contributed by atoms with Crippen LogP contribution < -0.4 is 0 Å². The second-order valence-corrected chi connectivity index (χ2v) is 10.1. The first-order chi connectivity index (χ1) is 22.5. The van der Waals surface area contributed by atoms with E-state index in [1.165, 1.54) is 0 Å². The molecule has 0 aliphatic rings. The number of rotatable bonds is 4. The number of fused-ring (bicyclic) bond motifs is 3. The Balaban J connectivity index is 0.000000110. The minimum absolute atomic E-state index is 0.587. The van der Waals surface area contributed by atoms with E-state index in [4.69, 9.17) is 0 Å². The summed E-state index contributed by atoms with van der Waals surface area (Å²) in [5.41, 5.74) is 8.57. The molecule has 3 aromatic carbocycles. The molecule has 228 valence electrons. The third-order valence-electron chi connectivity index (χ3n) is 6.88. The molecule has 9 rings (SSSR count). The standard InChI is InChI=1S/C10H10N6.2C9H8N6/c1-2-9-11-7-4-3-6(5-8(7)12-9)10-13-15-16-14-10;2*1-5-10-7-3-2-6(4-8(7)11-5)9-12-14-15-13-9/h3-5H,2H2,1H3,(H,11,12)(H,13,14,15,16);2*2-4H,1H3,(H,10,11)(H,12,13,14,15). The monoisotopic (exact) mass is 614 g/mol. The molecular weight excluding hydrogens is 588 g/mol. The van der Waals surface area contributed by atoms with Crippen LogP contribution in [0.2, 0.25) is 0 Å². The van der Waals surface area contributed by atoms with E-state index in [1.54, 1.807) is 0 Å². The van der Waals surface area contributed by atoms with Crippen molar-refractivity contribution in [1.29, 1.82) is 0 Å². The van der Waals surface area contributed by atoms with Gasteiger partial charge in [-0.3, -0.25) is 0 Å². The zero-order valence-corrected chi connectivity index (χ0v) is 24.8. The Morgan fingerprint density at radius 2 is 0.891 bits per heavy atom. The van der Waals surface area contributed by atoms with E-state index >= 15 is 0 Å². The van der Waals surface area contributed by atoms with Gasteiger partial charge in [-0.15, -0.1) is 30.6 Å². The molecule has 0 aliphatic heterocycles. The number of imidazole rings is 3. The number of aryl methyl sites for hydroxylation is 3. The second-order valence-electron chi connectivity index (χ2n) is 10.1. The average molecular weight is 615 g/mol. The molecule has 0 amide bonds. The summed E-state index contributed by atoms with van der Waals surface area (Å²) in [4.78, 5) is 22.6. The molecule has 0 radical (unpaired) electrons. The average Bonchev–Trinajstić information content (AvgIpc) is 3.92. The molecule has 46 heavy (non-hydrogen) atoms. The number of aromatic nitrogens is 18. The number of tetrazole rings is 3. The number of nitrogens with zero attached hydrogens (tertiary/aromatic N) is 12. The van der Waals surface area contributed by atoms with Crippen LogP contribution in [0, 0.1) is 13.8 Å². The lowest BCUT2D eigenvalue weighted by Crippen LogP contribution is -1.81. The number of nitrogens with one attached hydrogen (secondary N) is 6. The van der Waals surface area contributed by atoms with Gasteiger partial charge in [0.2, 0.25) is 17.5 Å². The molecule has 0 unspecified atom stereocenters. The Bertz CT molecular complexity index is 2210. The molecule has 0 atom stereocenters. The Labute approximate surface area is 258 Å². The molecule has 0 spiro atoms. The van der Waals surface area contributed by atoms with Crippen LogP contribution in [0.4, 0.5) is 0 Å². The Morgan fingerprint density at radius 3 is 1.26 bits per heavy atom. The summed E-state index contributed by atoms with van der Waals surface area (Å²) in [7, 11) is 0. The van der Waals surface area contributed by atoms with E-state index in [1.807, 2.05) is 68.4 Å². The first-order valence-corrected chi connectivity index (χ1v) is 14.1. The summed E-state index contributed by atoms with van der Waals surface area (Å²) < 4.78 is 0. The summed E-state index contributed by atoms with van der Waals surface area (Å²) in [6.07, 6.45) is 0.895. The number of H-pyrrole nitrogens is 6. The first-order valence-electron chi connectivity index (χ1n) is 14.1. The molecule has 0 aliphatic carbocycles. The molecule has 0 bridgehead atoms. The lowest BCUT2D eigenvalue weighted by molar-refractivity contribution is 0.881.